The highest BCUT2D eigenvalue weighted by Gasteiger charge is 2.59. The zero-order valence-corrected chi connectivity index (χ0v) is 21.1. The number of fused-ring (bicyclic) bond motifs is 1. The first-order valence-corrected chi connectivity index (χ1v) is 13.5. The van der Waals surface area contributed by atoms with E-state index in [-0.39, 0.29) is 23.8 Å². The lowest BCUT2D eigenvalue weighted by atomic mass is 9.85. The summed E-state index contributed by atoms with van der Waals surface area (Å²) >= 11 is 0. The Kier molecular flexibility index (Phi) is 5.98. The molecule has 0 N–H and O–H groups in total. The molecule has 190 valence electrons. The number of piperidine rings is 1. The van der Waals surface area contributed by atoms with Gasteiger partial charge in [-0.05, 0) is 68.7 Å². The van der Waals surface area contributed by atoms with Crippen LogP contribution >= 0.6 is 0 Å². The van der Waals surface area contributed by atoms with Gasteiger partial charge in [-0.1, -0.05) is 30.3 Å². The Bertz CT molecular complexity index is 1140. The molecule has 1 aliphatic carbocycles. The Morgan fingerprint density at radius 1 is 0.944 bits per heavy atom. The molecule has 0 radical (unpaired) electrons. The quantitative estimate of drug-likeness (QED) is 0.589. The van der Waals surface area contributed by atoms with Gasteiger partial charge in [0.25, 0.3) is 5.91 Å². The minimum atomic E-state index is -0.769. The largest absolute Gasteiger partial charge is 0.371 e. The van der Waals surface area contributed by atoms with Crippen LogP contribution in [0.5, 0.6) is 0 Å². The van der Waals surface area contributed by atoms with Gasteiger partial charge < -0.3 is 9.80 Å². The second kappa shape index (κ2) is 9.18. The molecule has 0 unspecified atom stereocenters. The Labute approximate surface area is 212 Å². The number of rotatable bonds is 5. The summed E-state index contributed by atoms with van der Waals surface area (Å²) in [5, 5.41) is 0. The first-order valence-electron chi connectivity index (χ1n) is 13.5. The fourth-order valence-corrected chi connectivity index (χ4v) is 6.86. The molecule has 0 bridgehead atoms. The number of imide groups is 1. The lowest BCUT2D eigenvalue weighted by Gasteiger charge is -2.42. The average Bonchev–Trinajstić information content (AvgIpc) is 3.60. The van der Waals surface area contributed by atoms with Crippen LogP contribution in [0.4, 0.5) is 14.9 Å². The number of amides is 3. The zero-order chi connectivity index (χ0) is 24.9. The summed E-state index contributed by atoms with van der Waals surface area (Å²) in [5.74, 6) is -0.193. The fraction of sp³-hybridized carbons (Fsp3) is 0.517. The molecule has 6 nitrogen and oxygen atoms in total. The molecule has 2 aromatic carbocycles. The third kappa shape index (κ3) is 3.79. The van der Waals surface area contributed by atoms with Crippen LogP contribution in [-0.4, -0.2) is 70.9 Å². The van der Waals surface area contributed by atoms with Crippen LogP contribution in [0.25, 0.3) is 0 Å². The molecule has 36 heavy (non-hydrogen) atoms. The molecule has 0 saturated carbocycles. The number of hydrogen-bond acceptors (Lipinski definition) is 4. The number of likely N-dealkylation sites (N-methyl/N-ethyl adjacent to an activating group) is 1. The van der Waals surface area contributed by atoms with Crippen molar-refractivity contribution in [2.75, 3.05) is 37.6 Å². The number of carbonyl (C=O) groups is 2. The van der Waals surface area contributed by atoms with Crippen LogP contribution < -0.4 is 4.90 Å². The van der Waals surface area contributed by atoms with Gasteiger partial charge in [0.2, 0.25) is 0 Å². The topological polar surface area (TPSA) is 47.1 Å². The maximum absolute atomic E-state index is 15.0. The van der Waals surface area contributed by atoms with Crippen molar-refractivity contribution >= 4 is 17.6 Å². The number of benzene rings is 2. The van der Waals surface area contributed by atoms with Crippen molar-refractivity contribution in [3.05, 3.63) is 65.0 Å². The Morgan fingerprint density at radius 2 is 1.61 bits per heavy atom. The third-order valence-corrected chi connectivity index (χ3v) is 8.87. The van der Waals surface area contributed by atoms with Crippen molar-refractivity contribution in [2.45, 2.75) is 63.6 Å². The van der Waals surface area contributed by atoms with E-state index in [9.17, 15) is 14.0 Å². The van der Waals surface area contributed by atoms with E-state index >= 15 is 0 Å². The van der Waals surface area contributed by atoms with Crippen molar-refractivity contribution in [3.8, 4) is 0 Å². The summed E-state index contributed by atoms with van der Waals surface area (Å²) in [4.78, 5) is 35.2. The van der Waals surface area contributed by atoms with E-state index in [1.165, 1.54) is 24.0 Å². The molecule has 4 aliphatic rings. The van der Waals surface area contributed by atoms with Crippen molar-refractivity contribution in [2.24, 2.45) is 0 Å². The number of hydrogen-bond donors (Lipinski definition) is 0. The molecule has 1 spiro atoms. The fourth-order valence-electron chi connectivity index (χ4n) is 6.86. The van der Waals surface area contributed by atoms with Gasteiger partial charge in [-0.15, -0.1) is 0 Å². The maximum atomic E-state index is 15.0. The number of anilines is 1. The van der Waals surface area contributed by atoms with Gasteiger partial charge in [-0.25, -0.2) is 9.18 Å². The summed E-state index contributed by atoms with van der Waals surface area (Å²) in [5.41, 5.74) is 3.36. The summed E-state index contributed by atoms with van der Waals surface area (Å²) in [6.45, 7) is 6.34. The molecule has 6 rings (SSSR count). The summed E-state index contributed by atoms with van der Waals surface area (Å²) < 4.78 is 15.0. The molecule has 0 atom stereocenters. The van der Waals surface area contributed by atoms with E-state index in [1.54, 1.807) is 15.9 Å². The number of likely N-dealkylation sites (tertiary alicyclic amines) is 1. The molecule has 3 amide bonds. The Hall–Kier alpha value is -2.93. The number of carbonyl (C=O) groups excluding carboxylic acids is 2. The molecule has 3 heterocycles. The first kappa shape index (κ1) is 23.5. The standard InChI is InChI=1S/C29H35FN4O2/c1-2-33-28(36)34(25-17-21-7-3-4-8-22(21)18-25)27(35)29(33)11-15-31(16-12-29)20-23-9-10-24(19-26(23)30)32-13-5-6-14-32/h3-4,7-10,19,25H,2,5-6,11-18,20H2,1H3. The number of nitrogens with zero attached hydrogens (tertiary/aromatic N) is 4. The number of halogens is 1. The zero-order valence-electron chi connectivity index (χ0n) is 21.1. The van der Waals surface area contributed by atoms with E-state index < -0.39 is 5.54 Å². The smallest absolute Gasteiger partial charge is 0.327 e. The van der Waals surface area contributed by atoms with Gasteiger partial charge in [0.1, 0.15) is 11.4 Å². The van der Waals surface area contributed by atoms with E-state index in [4.69, 9.17) is 0 Å². The SMILES string of the molecule is CCN1C(=O)N(C2Cc3ccccc3C2)C(=O)C12CCN(Cc1ccc(N3CCCC3)cc1F)CC2. The van der Waals surface area contributed by atoms with Gasteiger partial charge in [-0.2, -0.15) is 0 Å². The predicted molar refractivity (Wildman–Crippen MR) is 137 cm³/mol. The monoisotopic (exact) mass is 490 g/mol. The molecule has 2 aromatic rings. The average molecular weight is 491 g/mol. The highest BCUT2D eigenvalue weighted by atomic mass is 19.1. The Morgan fingerprint density at radius 3 is 2.22 bits per heavy atom. The lowest BCUT2D eigenvalue weighted by Crippen LogP contribution is -2.56. The Balaban J connectivity index is 1.14. The van der Waals surface area contributed by atoms with Gasteiger partial charge in [0.05, 0.1) is 0 Å². The second-order valence-electron chi connectivity index (χ2n) is 10.8. The van der Waals surface area contributed by atoms with E-state index in [0.29, 0.717) is 44.6 Å². The molecular formula is C29H35FN4O2. The van der Waals surface area contributed by atoms with Crippen molar-refractivity contribution in [3.63, 3.8) is 0 Å². The number of urea groups is 1. The van der Waals surface area contributed by atoms with Crippen LogP contribution in [-0.2, 0) is 24.2 Å². The predicted octanol–water partition coefficient (Wildman–Crippen LogP) is 4.21. The minimum Gasteiger partial charge on any atom is -0.371 e. The van der Waals surface area contributed by atoms with Gasteiger partial charge in [0, 0.05) is 56.6 Å². The van der Waals surface area contributed by atoms with Crippen molar-refractivity contribution < 1.29 is 14.0 Å². The van der Waals surface area contributed by atoms with E-state index in [2.05, 4.69) is 21.9 Å². The van der Waals surface area contributed by atoms with Crippen LogP contribution in [0.2, 0.25) is 0 Å². The molecule has 3 saturated heterocycles. The second-order valence-corrected chi connectivity index (χ2v) is 10.8. The highest BCUT2D eigenvalue weighted by Crippen LogP contribution is 2.40. The van der Waals surface area contributed by atoms with Gasteiger partial charge in [0.15, 0.2) is 0 Å². The molecule has 0 aromatic heterocycles. The normalized spacial score (nSPS) is 22.3. The van der Waals surface area contributed by atoms with Gasteiger partial charge in [-0.3, -0.25) is 14.6 Å². The minimum absolute atomic E-state index is 0.0343. The van der Waals surface area contributed by atoms with Crippen LogP contribution in [0.15, 0.2) is 42.5 Å². The van der Waals surface area contributed by atoms with E-state index in [1.807, 2.05) is 31.2 Å². The summed E-state index contributed by atoms with van der Waals surface area (Å²) in [7, 11) is 0. The highest BCUT2D eigenvalue weighted by molar-refractivity contribution is 6.07. The van der Waals surface area contributed by atoms with Crippen LogP contribution in [0, 0.1) is 5.82 Å². The molecular weight excluding hydrogens is 455 g/mol. The van der Waals surface area contributed by atoms with Crippen molar-refractivity contribution in [1.82, 2.24) is 14.7 Å². The van der Waals surface area contributed by atoms with E-state index in [0.717, 1.165) is 31.6 Å². The third-order valence-electron chi connectivity index (χ3n) is 8.87. The molecule has 3 fully saturated rings. The van der Waals surface area contributed by atoms with Crippen LogP contribution in [0.3, 0.4) is 0 Å². The maximum Gasteiger partial charge on any atom is 0.327 e. The summed E-state index contributed by atoms with van der Waals surface area (Å²) in [6.07, 6.45) is 4.99. The lowest BCUT2D eigenvalue weighted by molar-refractivity contribution is -0.137. The summed E-state index contributed by atoms with van der Waals surface area (Å²) in [6, 6.07) is 13.6. The molecule has 3 aliphatic heterocycles. The van der Waals surface area contributed by atoms with Gasteiger partial charge >= 0.3 is 6.03 Å². The van der Waals surface area contributed by atoms with Crippen LogP contribution in [0.1, 0.15) is 49.3 Å². The first-order chi connectivity index (χ1) is 17.5. The van der Waals surface area contributed by atoms with Crippen molar-refractivity contribution in [1.29, 1.82) is 0 Å². The molecule has 7 heteroatoms.